The normalized spacial score (nSPS) is 18.4. The van der Waals surface area contributed by atoms with Crippen molar-refractivity contribution in [3.63, 3.8) is 0 Å². The number of hydrogen-bond acceptors (Lipinski definition) is 3. The lowest BCUT2D eigenvalue weighted by atomic mass is 10.1. The maximum Gasteiger partial charge on any atom is 0.254 e. The number of nitrogens with one attached hydrogen (secondary N) is 1. The first-order valence-electron chi connectivity index (χ1n) is 6.58. The van der Waals surface area contributed by atoms with Crippen LogP contribution in [0.15, 0.2) is 30.3 Å². The Morgan fingerprint density at radius 2 is 2.05 bits per heavy atom. The first-order chi connectivity index (χ1) is 9.24. The molecule has 1 fully saturated rings. The molecule has 1 saturated heterocycles. The van der Waals surface area contributed by atoms with E-state index in [-0.39, 0.29) is 17.9 Å². The van der Waals surface area contributed by atoms with E-state index in [0.717, 1.165) is 12.8 Å². The van der Waals surface area contributed by atoms with Crippen molar-refractivity contribution in [3.05, 3.63) is 35.9 Å². The molecular formula is C14H19N3O2. The molecule has 19 heavy (non-hydrogen) atoms. The molecule has 0 radical (unpaired) electrons. The third-order valence-corrected chi connectivity index (χ3v) is 3.28. The highest BCUT2D eigenvalue weighted by atomic mass is 16.2. The molecule has 0 spiro atoms. The highest BCUT2D eigenvalue weighted by Crippen LogP contribution is 2.20. The van der Waals surface area contributed by atoms with Gasteiger partial charge in [-0.25, -0.2) is 0 Å². The SMILES string of the molecule is NCCNC(=O)C1CCCN1C(=O)c1ccccc1. The number of carbonyl (C=O) groups is 2. The highest BCUT2D eigenvalue weighted by molar-refractivity contribution is 5.97. The van der Waals surface area contributed by atoms with Gasteiger partial charge >= 0.3 is 0 Å². The quantitative estimate of drug-likeness (QED) is 0.822. The average molecular weight is 261 g/mol. The van der Waals surface area contributed by atoms with Crippen LogP contribution in [0.1, 0.15) is 23.2 Å². The number of likely N-dealkylation sites (tertiary alicyclic amines) is 1. The predicted molar refractivity (Wildman–Crippen MR) is 72.6 cm³/mol. The summed E-state index contributed by atoms with van der Waals surface area (Å²) in [6.07, 6.45) is 1.58. The van der Waals surface area contributed by atoms with Gasteiger partial charge in [0.1, 0.15) is 6.04 Å². The highest BCUT2D eigenvalue weighted by Gasteiger charge is 2.34. The molecule has 1 heterocycles. The van der Waals surface area contributed by atoms with Gasteiger partial charge in [0, 0.05) is 25.2 Å². The summed E-state index contributed by atoms with van der Waals surface area (Å²) in [6.45, 7) is 1.49. The van der Waals surface area contributed by atoms with E-state index in [9.17, 15) is 9.59 Å². The first kappa shape index (κ1) is 13.5. The van der Waals surface area contributed by atoms with Crippen LogP contribution < -0.4 is 11.1 Å². The Kier molecular flexibility index (Phi) is 4.52. The van der Waals surface area contributed by atoms with E-state index in [2.05, 4.69) is 5.32 Å². The van der Waals surface area contributed by atoms with Gasteiger partial charge in [-0.15, -0.1) is 0 Å². The Balaban J connectivity index is 2.06. The fourth-order valence-corrected chi connectivity index (χ4v) is 2.34. The lowest BCUT2D eigenvalue weighted by Crippen LogP contribution is -2.46. The van der Waals surface area contributed by atoms with E-state index >= 15 is 0 Å². The van der Waals surface area contributed by atoms with Gasteiger partial charge in [-0.3, -0.25) is 9.59 Å². The summed E-state index contributed by atoms with van der Waals surface area (Å²) in [6, 6.07) is 8.70. The van der Waals surface area contributed by atoms with Crippen LogP contribution in [-0.2, 0) is 4.79 Å². The fraction of sp³-hybridized carbons (Fsp3) is 0.429. The molecule has 1 aliphatic heterocycles. The monoisotopic (exact) mass is 261 g/mol. The topological polar surface area (TPSA) is 75.4 Å². The van der Waals surface area contributed by atoms with Gasteiger partial charge in [-0.05, 0) is 25.0 Å². The largest absolute Gasteiger partial charge is 0.353 e. The molecule has 1 aromatic carbocycles. The summed E-state index contributed by atoms with van der Waals surface area (Å²) >= 11 is 0. The van der Waals surface area contributed by atoms with E-state index in [1.807, 2.05) is 18.2 Å². The molecule has 0 saturated carbocycles. The molecule has 0 bridgehead atoms. The second-order valence-electron chi connectivity index (χ2n) is 4.60. The number of benzene rings is 1. The Hall–Kier alpha value is -1.88. The van der Waals surface area contributed by atoms with Gasteiger partial charge in [0.15, 0.2) is 0 Å². The van der Waals surface area contributed by atoms with Gasteiger partial charge in [0.2, 0.25) is 5.91 Å². The smallest absolute Gasteiger partial charge is 0.254 e. The number of amides is 2. The van der Waals surface area contributed by atoms with Crippen LogP contribution in [0, 0.1) is 0 Å². The lowest BCUT2D eigenvalue weighted by Gasteiger charge is -2.24. The summed E-state index contributed by atoms with van der Waals surface area (Å²) in [5, 5.41) is 2.75. The summed E-state index contributed by atoms with van der Waals surface area (Å²) < 4.78 is 0. The molecule has 2 amide bonds. The summed E-state index contributed by atoms with van der Waals surface area (Å²) in [4.78, 5) is 26.0. The zero-order valence-electron chi connectivity index (χ0n) is 10.8. The van der Waals surface area contributed by atoms with Gasteiger partial charge < -0.3 is 16.0 Å². The summed E-state index contributed by atoms with van der Waals surface area (Å²) in [7, 11) is 0. The van der Waals surface area contributed by atoms with Crippen LogP contribution in [0.5, 0.6) is 0 Å². The number of hydrogen-bond donors (Lipinski definition) is 2. The van der Waals surface area contributed by atoms with E-state index in [1.54, 1.807) is 17.0 Å². The van der Waals surface area contributed by atoms with Crippen molar-refractivity contribution >= 4 is 11.8 Å². The maximum atomic E-state index is 12.4. The first-order valence-corrected chi connectivity index (χ1v) is 6.58. The van der Waals surface area contributed by atoms with Crippen LogP contribution in [0.4, 0.5) is 0 Å². The fourth-order valence-electron chi connectivity index (χ4n) is 2.34. The third-order valence-electron chi connectivity index (χ3n) is 3.28. The molecule has 1 aromatic rings. The molecule has 1 aliphatic rings. The van der Waals surface area contributed by atoms with Crippen LogP contribution in [0.25, 0.3) is 0 Å². The van der Waals surface area contributed by atoms with Crippen molar-refractivity contribution in [2.45, 2.75) is 18.9 Å². The van der Waals surface area contributed by atoms with Crippen molar-refractivity contribution in [3.8, 4) is 0 Å². The number of rotatable bonds is 4. The maximum absolute atomic E-state index is 12.4. The Morgan fingerprint density at radius 1 is 1.32 bits per heavy atom. The third kappa shape index (κ3) is 3.12. The van der Waals surface area contributed by atoms with Crippen molar-refractivity contribution < 1.29 is 9.59 Å². The summed E-state index contributed by atoms with van der Waals surface area (Å²) in [5.41, 5.74) is 5.99. The predicted octanol–water partition coefficient (Wildman–Crippen LogP) is 0.366. The summed E-state index contributed by atoms with van der Waals surface area (Å²) in [5.74, 6) is -0.182. The van der Waals surface area contributed by atoms with Crippen molar-refractivity contribution in [1.29, 1.82) is 0 Å². The van der Waals surface area contributed by atoms with Crippen molar-refractivity contribution in [1.82, 2.24) is 10.2 Å². The molecular weight excluding hydrogens is 242 g/mol. The molecule has 1 atom stereocenters. The second kappa shape index (κ2) is 6.33. The minimum atomic E-state index is -0.362. The van der Waals surface area contributed by atoms with E-state index in [4.69, 9.17) is 5.73 Å². The lowest BCUT2D eigenvalue weighted by molar-refractivity contribution is -0.124. The second-order valence-corrected chi connectivity index (χ2v) is 4.60. The molecule has 0 aromatic heterocycles. The standard InChI is InChI=1S/C14H19N3O2/c15-8-9-16-13(18)12-7-4-10-17(12)14(19)11-5-2-1-3-6-11/h1-3,5-6,12H,4,7-10,15H2,(H,16,18). The molecule has 5 heteroatoms. The molecule has 5 nitrogen and oxygen atoms in total. The van der Waals surface area contributed by atoms with Gasteiger partial charge in [-0.1, -0.05) is 18.2 Å². The van der Waals surface area contributed by atoms with Crippen LogP contribution in [0.2, 0.25) is 0 Å². The molecule has 1 unspecified atom stereocenters. The van der Waals surface area contributed by atoms with Crippen LogP contribution >= 0.6 is 0 Å². The van der Waals surface area contributed by atoms with Gasteiger partial charge in [0.25, 0.3) is 5.91 Å². The molecule has 2 rings (SSSR count). The van der Waals surface area contributed by atoms with Crippen LogP contribution in [-0.4, -0.2) is 42.4 Å². The number of carbonyl (C=O) groups excluding carboxylic acids is 2. The Bertz CT molecular complexity index is 447. The van der Waals surface area contributed by atoms with Crippen LogP contribution in [0.3, 0.4) is 0 Å². The Labute approximate surface area is 112 Å². The van der Waals surface area contributed by atoms with E-state index in [0.29, 0.717) is 25.2 Å². The van der Waals surface area contributed by atoms with E-state index < -0.39 is 0 Å². The van der Waals surface area contributed by atoms with Crippen molar-refractivity contribution in [2.75, 3.05) is 19.6 Å². The molecule has 102 valence electrons. The average Bonchev–Trinajstić information content (AvgIpc) is 2.94. The Morgan fingerprint density at radius 3 is 2.74 bits per heavy atom. The minimum absolute atomic E-state index is 0.0778. The molecule has 0 aliphatic carbocycles. The number of nitrogens with zero attached hydrogens (tertiary/aromatic N) is 1. The zero-order valence-corrected chi connectivity index (χ0v) is 10.8. The van der Waals surface area contributed by atoms with Gasteiger partial charge in [0.05, 0.1) is 0 Å². The number of nitrogens with two attached hydrogens (primary N) is 1. The zero-order chi connectivity index (χ0) is 13.7. The minimum Gasteiger partial charge on any atom is -0.353 e. The van der Waals surface area contributed by atoms with E-state index in [1.165, 1.54) is 0 Å². The molecule has 3 N–H and O–H groups in total. The van der Waals surface area contributed by atoms with Gasteiger partial charge in [-0.2, -0.15) is 0 Å². The van der Waals surface area contributed by atoms with Crippen molar-refractivity contribution in [2.24, 2.45) is 5.73 Å².